The SMILES string of the molecule is CCCCCCCCCCCCOc1ccccc1P(=O)(C=C=O)OC. The van der Waals surface area contributed by atoms with Crippen LogP contribution in [0.15, 0.2) is 30.1 Å². The summed E-state index contributed by atoms with van der Waals surface area (Å²) in [5.74, 6) is 3.05. The molecule has 0 aliphatic rings. The Bertz CT molecular complexity index is 593. The molecular weight excluding hydrogens is 347 g/mol. The number of hydrogen-bond acceptors (Lipinski definition) is 4. The van der Waals surface area contributed by atoms with Gasteiger partial charge in [-0.15, -0.1) is 0 Å². The third-order valence-electron chi connectivity index (χ3n) is 4.45. The van der Waals surface area contributed by atoms with Crippen LogP contribution in [-0.4, -0.2) is 19.7 Å². The number of hydrogen-bond donors (Lipinski definition) is 0. The van der Waals surface area contributed by atoms with E-state index in [1.807, 2.05) is 6.07 Å². The molecule has 0 N–H and O–H groups in total. The van der Waals surface area contributed by atoms with Crippen molar-refractivity contribution in [3.05, 3.63) is 30.1 Å². The van der Waals surface area contributed by atoms with Crippen LogP contribution in [0.3, 0.4) is 0 Å². The lowest BCUT2D eigenvalue weighted by Gasteiger charge is -2.16. The molecule has 0 aliphatic heterocycles. The van der Waals surface area contributed by atoms with E-state index >= 15 is 0 Å². The lowest BCUT2D eigenvalue weighted by atomic mass is 10.1. The van der Waals surface area contributed by atoms with Gasteiger partial charge in [0.05, 0.1) is 17.7 Å². The molecule has 146 valence electrons. The lowest BCUT2D eigenvalue weighted by molar-refractivity contribution is 0.305. The summed E-state index contributed by atoms with van der Waals surface area (Å²) in [7, 11) is -2.02. The van der Waals surface area contributed by atoms with Gasteiger partial charge in [0, 0.05) is 7.11 Å². The second-order valence-corrected chi connectivity index (χ2v) is 8.82. The molecule has 26 heavy (non-hydrogen) atoms. The minimum atomic E-state index is -3.35. The van der Waals surface area contributed by atoms with Crippen molar-refractivity contribution in [1.82, 2.24) is 0 Å². The summed E-state index contributed by atoms with van der Waals surface area (Å²) in [5, 5.41) is 0.415. The largest absolute Gasteiger partial charge is 0.493 e. The first-order valence-electron chi connectivity index (χ1n) is 9.78. The minimum Gasteiger partial charge on any atom is -0.493 e. The maximum absolute atomic E-state index is 12.7. The molecule has 0 spiro atoms. The van der Waals surface area contributed by atoms with E-state index in [0.717, 1.165) is 18.7 Å². The topological polar surface area (TPSA) is 52.6 Å². The lowest BCUT2D eigenvalue weighted by Crippen LogP contribution is -2.11. The normalized spacial score (nSPS) is 13.0. The van der Waals surface area contributed by atoms with Gasteiger partial charge in [-0.3, -0.25) is 4.57 Å². The predicted octanol–water partition coefficient (Wildman–Crippen LogP) is 5.88. The third kappa shape index (κ3) is 8.36. The van der Waals surface area contributed by atoms with Crippen LogP contribution in [0.5, 0.6) is 5.75 Å². The fraction of sp³-hybridized carbons (Fsp3) is 0.619. The molecule has 0 fully saturated rings. The van der Waals surface area contributed by atoms with Crippen LogP contribution in [0.1, 0.15) is 71.1 Å². The van der Waals surface area contributed by atoms with E-state index in [-0.39, 0.29) is 0 Å². The zero-order valence-corrected chi connectivity index (χ0v) is 17.1. The first kappa shape index (κ1) is 22.7. The number of ether oxygens (including phenoxy) is 1. The smallest absolute Gasteiger partial charge is 0.268 e. The molecule has 0 amide bonds. The van der Waals surface area contributed by atoms with E-state index < -0.39 is 7.37 Å². The average Bonchev–Trinajstić information content (AvgIpc) is 2.66. The van der Waals surface area contributed by atoms with Gasteiger partial charge in [-0.05, 0) is 18.6 Å². The van der Waals surface area contributed by atoms with Crippen molar-refractivity contribution in [3.63, 3.8) is 0 Å². The summed E-state index contributed by atoms with van der Waals surface area (Å²) in [4.78, 5) is 10.6. The Hall–Kier alpha value is -1.34. The molecule has 0 saturated carbocycles. The van der Waals surface area contributed by atoms with Gasteiger partial charge in [0.2, 0.25) is 0 Å². The fourth-order valence-corrected chi connectivity index (χ4v) is 4.22. The molecule has 0 aromatic heterocycles. The van der Waals surface area contributed by atoms with Crippen LogP contribution in [0, 0.1) is 0 Å². The van der Waals surface area contributed by atoms with Gasteiger partial charge in [0.1, 0.15) is 11.7 Å². The van der Waals surface area contributed by atoms with Gasteiger partial charge in [0.25, 0.3) is 7.37 Å². The monoisotopic (exact) mass is 380 g/mol. The Labute approximate surface area is 158 Å². The summed E-state index contributed by atoms with van der Waals surface area (Å²) in [6, 6.07) is 7.01. The van der Waals surface area contributed by atoms with E-state index in [4.69, 9.17) is 9.26 Å². The standard InChI is InChI=1S/C21H33O4P/c1-3-4-5-6-7-8-9-10-11-14-18-25-20-15-12-13-16-21(20)26(23,24-2)19-17-22/h12-13,15-16,19H,3-11,14,18H2,1-2H3. The predicted molar refractivity (Wildman–Crippen MR) is 108 cm³/mol. The van der Waals surface area contributed by atoms with Crippen LogP contribution in [-0.2, 0) is 13.9 Å². The zero-order chi connectivity index (χ0) is 19.1. The second kappa shape index (κ2) is 13.8. The summed E-state index contributed by atoms with van der Waals surface area (Å²) in [6.45, 7) is 2.82. The van der Waals surface area contributed by atoms with Crippen LogP contribution < -0.4 is 10.0 Å². The number of benzene rings is 1. The quantitative estimate of drug-likeness (QED) is 0.216. The van der Waals surface area contributed by atoms with E-state index in [0.29, 0.717) is 17.7 Å². The van der Waals surface area contributed by atoms with Crippen molar-refractivity contribution in [3.8, 4) is 5.75 Å². The minimum absolute atomic E-state index is 0.415. The zero-order valence-electron chi connectivity index (χ0n) is 16.2. The van der Waals surface area contributed by atoms with Crippen molar-refractivity contribution in [2.75, 3.05) is 13.7 Å². The van der Waals surface area contributed by atoms with Gasteiger partial charge in [-0.2, -0.15) is 0 Å². The number of para-hydroxylation sites is 1. The Kier molecular flexibility index (Phi) is 12.1. The average molecular weight is 380 g/mol. The number of carbonyl (C=O) groups excluding carboxylic acids is 1. The fourth-order valence-electron chi connectivity index (χ4n) is 2.90. The Balaban J connectivity index is 2.30. The maximum atomic E-state index is 12.7. The molecule has 1 aromatic carbocycles. The van der Waals surface area contributed by atoms with Crippen molar-refractivity contribution in [1.29, 1.82) is 0 Å². The molecule has 0 saturated heterocycles. The Morgan fingerprint density at radius 1 is 0.962 bits per heavy atom. The van der Waals surface area contributed by atoms with Gasteiger partial charge in [0.15, 0.2) is 0 Å². The van der Waals surface area contributed by atoms with Crippen LogP contribution in [0.2, 0.25) is 0 Å². The summed E-state index contributed by atoms with van der Waals surface area (Å²) in [5.41, 5.74) is 0. The second-order valence-electron chi connectivity index (χ2n) is 6.52. The first-order valence-corrected chi connectivity index (χ1v) is 11.5. The Morgan fingerprint density at radius 3 is 2.12 bits per heavy atom. The van der Waals surface area contributed by atoms with Crippen LogP contribution in [0.25, 0.3) is 0 Å². The highest BCUT2D eigenvalue weighted by Crippen LogP contribution is 2.48. The molecule has 0 heterocycles. The molecule has 0 bridgehead atoms. The molecule has 5 heteroatoms. The highest BCUT2D eigenvalue weighted by atomic mass is 31.2. The summed E-state index contributed by atoms with van der Waals surface area (Å²) < 4.78 is 23.6. The van der Waals surface area contributed by atoms with E-state index in [9.17, 15) is 9.36 Å². The van der Waals surface area contributed by atoms with Crippen molar-refractivity contribution in [2.24, 2.45) is 0 Å². The van der Waals surface area contributed by atoms with E-state index in [2.05, 4.69) is 6.92 Å². The van der Waals surface area contributed by atoms with Crippen molar-refractivity contribution >= 4 is 18.6 Å². The van der Waals surface area contributed by atoms with Gasteiger partial charge >= 0.3 is 0 Å². The number of unbranched alkanes of at least 4 members (excludes halogenated alkanes) is 9. The van der Waals surface area contributed by atoms with Gasteiger partial charge in [-0.25, -0.2) is 4.79 Å². The molecular formula is C21H33O4P. The summed E-state index contributed by atoms with van der Waals surface area (Å²) >= 11 is 0. The molecule has 1 rings (SSSR count). The van der Waals surface area contributed by atoms with Crippen molar-refractivity contribution in [2.45, 2.75) is 71.1 Å². The van der Waals surface area contributed by atoms with E-state index in [1.165, 1.54) is 58.5 Å². The Morgan fingerprint density at radius 2 is 1.54 bits per heavy atom. The van der Waals surface area contributed by atoms with Crippen LogP contribution >= 0.6 is 7.37 Å². The molecule has 0 aliphatic carbocycles. The summed E-state index contributed by atoms with van der Waals surface area (Å²) in [6.07, 6.45) is 12.7. The molecule has 1 aromatic rings. The molecule has 1 atom stereocenters. The third-order valence-corrected chi connectivity index (χ3v) is 6.48. The van der Waals surface area contributed by atoms with Gasteiger partial charge < -0.3 is 9.26 Å². The maximum Gasteiger partial charge on any atom is 0.268 e. The van der Waals surface area contributed by atoms with Crippen LogP contribution in [0.4, 0.5) is 0 Å². The highest BCUT2D eigenvalue weighted by Gasteiger charge is 2.25. The molecule has 0 radical (unpaired) electrons. The van der Waals surface area contributed by atoms with E-state index in [1.54, 1.807) is 24.1 Å². The number of rotatable bonds is 15. The molecule has 4 nitrogen and oxygen atoms in total. The molecule has 1 unspecified atom stereocenters. The highest BCUT2D eigenvalue weighted by molar-refractivity contribution is 7.70. The van der Waals surface area contributed by atoms with Gasteiger partial charge in [-0.1, -0.05) is 76.8 Å². The van der Waals surface area contributed by atoms with Crippen molar-refractivity contribution < 1.29 is 18.6 Å². The first-order chi connectivity index (χ1) is 12.7.